The molecule has 2 amide bonds. The van der Waals surface area contributed by atoms with Gasteiger partial charge >= 0.3 is 0 Å². The lowest BCUT2D eigenvalue weighted by Crippen LogP contribution is -2.51. The van der Waals surface area contributed by atoms with Crippen molar-refractivity contribution < 1.29 is 9.59 Å². The van der Waals surface area contributed by atoms with E-state index in [-0.39, 0.29) is 23.9 Å². The van der Waals surface area contributed by atoms with Gasteiger partial charge in [0.05, 0.1) is 6.04 Å². The second-order valence-corrected chi connectivity index (χ2v) is 5.64. The van der Waals surface area contributed by atoms with Gasteiger partial charge < -0.3 is 15.5 Å². The van der Waals surface area contributed by atoms with Gasteiger partial charge in [0.1, 0.15) is 0 Å². The van der Waals surface area contributed by atoms with E-state index < -0.39 is 0 Å². The van der Waals surface area contributed by atoms with Crippen LogP contribution in [-0.2, 0) is 9.59 Å². The maximum atomic E-state index is 12.2. The van der Waals surface area contributed by atoms with Gasteiger partial charge in [0, 0.05) is 26.1 Å². The number of carbonyl (C=O) groups is 2. The topological polar surface area (TPSA) is 61.4 Å². The average Bonchev–Trinajstić information content (AvgIpc) is 2.68. The molecule has 0 aliphatic carbocycles. The van der Waals surface area contributed by atoms with Crippen LogP contribution in [0.15, 0.2) is 0 Å². The summed E-state index contributed by atoms with van der Waals surface area (Å²) in [6.07, 6.45) is 6.20. The van der Waals surface area contributed by atoms with Crippen LogP contribution in [0.1, 0.15) is 45.4 Å². The highest BCUT2D eigenvalue weighted by Crippen LogP contribution is 2.12. The zero-order chi connectivity index (χ0) is 13.7. The number of likely N-dealkylation sites (tertiary alicyclic amines) is 1. The molecule has 2 saturated heterocycles. The van der Waals surface area contributed by atoms with Crippen molar-refractivity contribution in [3.05, 3.63) is 0 Å². The lowest BCUT2D eigenvalue weighted by atomic mass is 10.0. The normalized spacial score (nSPS) is 25.7. The Hall–Kier alpha value is -1.10. The van der Waals surface area contributed by atoms with Gasteiger partial charge in [0.25, 0.3) is 0 Å². The van der Waals surface area contributed by atoms with Crippen molar-refractivity contribution in [2.75, 3.05) is 19.6 Å². The predicted octanol–water partition coefficient (Wildman–Crippen LogP) is 0.646. The van der Waals surface area contributed by atoms with E-state index in [9.17, 15) is 9.59 Å². The van der Waals surface area contributed by atoms with Gasteiger partial charge in [-0.15, -0.1) is 0 Å². The minimum absolute atomic E-state index is 0.0201. The zero-order valence-corrected chi connectivity index (χ0v) is 11.8. The quantitative estimate of drug-likeness (QED) is 0.772. The first-order chi connectivity index (χ1) is 9.16. The second-order valence-electron chi connectivity index (χ2n) is 5.64. The van der Waals surface area contributed by atoms with Crippen LogP contribution in [0.5, 0.6) is 0 Å². The van der Waals surface area contributed by atoms with E-state index in [1.54, 1.807) is 6.92 Å². The Bertz CT molecular complexity index is 317. The van der Waals surface area contributed by atoms with Gasteiger partial charge in [-0.1, -0.05) is 12.8 Å². The lowest BCUT2D eigenvalue weighted by Gasteiger charge is -2.32. The van der Waals surface area contributed by atoms with Crippen molar-refractivity contribution in [1.82, 2.24) is 15.5 Å². The lowest BCUT2D eigenvalue weighted by molar-refractivity contribution is -0.130. The molecule has 2 heterocycles. The molecule has 0 aromatic rings. The molecule has 2 aliphatic heterocycles. The van der Waals surface area contributed by atoms with Crippen LogP contribution >= 0.6 is 0 Å². The molecule has 2 rings (SSSR count). The van der Waals surface area contributed by atoms with E-state index in [0.717, 1.165) is 45.3 Å². The molecule has 0 aromatic carbocycles. The number of piperidine rings is 1. The minimum atomic E-state index is -0.0201. The summed E-state index contributed by atoms with van der Waals surface area (Å²) in [5, 5.41) is 6.46. The van der Waals surface area contributed by atoms with Gasteiger partial charge in [-0.3, -0.25) is 9.59 Å². The van der Waals surface area contributed by atoms with Crippen LogP contribution in [0.3, 0.4) is 0 Å². The fraction of sp³-hybridized carbons (Fsp3) is 0.857. The number of amides is 2. The molecule has 0 radical (unpaired) electrons. The smallest absolute Gasteiger partial charge is 0.237 e. The summed E-state index contributed by atoms with van der Waals surface area (Å²) in [5.41, 5.74) is 0. The van der Waals surface area contributed by atoms with Gasteiger partial charge in [-0.2, -0.15) is 0 Å². The summed E-state index contributed by atoms with van der Waals surface area (Å²) in [7, 11) is 0. The Morgan fingerprint density at radius 1 is 1.11 bits per heavy atom. The Morgan fingerprint density at radius 3 is 2.53 bits per heavy atom. The number of hydrogen-bond donors (Lipinski definition) is 2. The Morgan fingerprint density at radius 2 is 1.84 bits per heavy atom. The van der Waals surface area contributed by atoms with E-state index >= 15 is 0 Å². The van der Waals surface area contributed by atoms with Crippen LogP contribution in [0, 0.1) is 0 Å². The van der Waals surface area contributed by atoms with Crippen LogP contribution in [-0.4, -0.2) is 48.4 Å². The first-order valence-corrected chi connectivity index (χ1v) is 7.46. The van der Waals surface area contributed by atoms with Gasteiger partial charge in [0.15, 0.2) is 0 Å². The number of nitrogens with zero attached hydrogens (tertiary/aromatic N) is 1. The summed E-state index contributed by atoms with van der Waals surface area (Å²) in [5.74, 6) is 0.276. The van der Waals surface area contributed by atoms with Crippen molar-refractivity contribution >= 4 is 11.8 Å². The van der Waals surface area contributed by atoms with E-state index in [1.165, 1.54) is 12.8 Å². The number of carbonyl (C=O) groups excluding carboxylic acids is 2. The SMILES string of the molecule is CC(=O)N1CCC(NC(=O)C2CCCCCN2)CC1. The summed E-state index contributed by atoms with van der Waals surface area (Å²) < 4.78 is 0. The van der Waals surface area contributed by atoms with Gasteiger partial charge in [-0.25, -0.2) is 0 Å². The number of hydrogen-bond acceptors (Lipinski definition) is 3. The van der Waals surface area contributed by atoms with E-state index in [4.69, 9.17) is 0 Å². The van der Waals surface area contributed by atoms with Gasteiger partial charge in [-0.05, 0) is 32.2 Å². The first-order valence-electron chi connectivity index (χ1n) is 7.46. The Kier molecular flexibility index (Phi) is 5.19. The average molecular weight is 267 g/mol. The molecule has 19 heavy (non-hydrogen) atoms. The van der Waals surface area contributed by atoms with Crippen molar-refractivity contribution in [2.45, 2.75) is 57.5 Å². The second kappa shape index (κ2) is 6.89. The Balaban J connectivity index is 1.75. The summed E-state index contributed by atoms with van der Waals surface area (Å²) in [4.78, 5) is 25.3. The first kappa shape index (κ1) is 14.3. The van der Waals surface area contributed by atoms with Crippen molar-refractivity contribution in [3.8, 4) is 0 Å². The van der Waals surface area contributed by atoms with E-state index in [0.29, 0.717) is 0 Å². The van der Waals surface area contributed by atoms with Crippen molar-refractivity contribution in [3.63, 3.8) is 0 Å². The van der Waals surface area contributed by atoms with Crippen molar-refractivity contribution in [2.24, 2.45) is 0 Å². The highest BCUT2D eigenvalue weighted by atomic mass is 16.2. The van der Waals surface area contributed by atoms with Crippen LogP contribution < -0.4 is 10.6 Å². The predicted molar refractivity (Wildman–Crippen MR) is 73.7 cm³/mol. The molecule has 2 N–H and O–H groups in total. The zero-order valence-electron chi connectivity index (χ0n) is 11.8. The molecule has 2 aliphatic rings. The molecule has 0 saturated carbocycles. The molecular formula is C14H25N3O2. The summed E-state index contributed by atoms with van der Waals surface area (Å²) in [6.45, 7) is 4.08. The number of rotatable bonds is 2. The highest BCUT2D eigenvalue weighted by Gasteiger charge is 2.25. The van der Waals surface area contributed by atoms with Crippen LogP contribution in [0.2, 0.25) is 0 Å². The molecule has 0 spiro atoms. The maximum Gasteiger partial charge on any atom is 0.237 e. The minimum Gasteiger partial charge on any atom is -0.352 e. The fourth-order valence-corrected chi connectivity index (χ4v) is 2.89. The van der Waals surface area contributed by atoms with Crippen LogP contribution in [0.4, 0.5) is 0 Å². The standard InChI is InChI=1S/C14H25N3O2/c1-11(18)17-9-6-12(7-10-17)16-14(19)13-5-3-2-4-8-15-13/h12-13,15H,2-10H2,1H3,(H,16,19). The van der Waals surface area contributed by atoms with Gasteiger partial charge in [0.2, 0.25) is 11.8 Å². The van der Waals surface area contributed by atoms with E-state index in [1.807, 2.05) is 4.90 Å². The third-order valence-corrected chi connectivity index (χ3v) is 4.16. The molecule has 0 bridgehead atoms. The fourth-order valence-electron chi connectivity index (χ4n) is 2.89. The maximum absolute atomic E-state index is 12.2. The summed E-state index contributed by atoms with van der Waals surface area (Å²) >= 11 is 0. The molecule has 5 nitrogen and oxygen atoms in total. The number of nitrogens with one attached hydrogen (secondary N) is 2. The van der Waals surface area contributed by atoms with Crippen molar-refractivity contribution in [1.29, 1.82) is 0 Å². The molecule has 1 unspecified atom stereocenters. The van der Waals surface area contributed by atoms with Crippen LogP contribution in [0.25, 0.3) is 0 Å². The van der Waals surface area contributed by atoms with E-state index in [2.05, 4.69) is 10.6 Å². The molecular weight excluding hydrogens is 242 g/mol. The monoisotopic (exact) mass is 267 g/mol. The molecule has 108 valence electrons. The summed E-state index contributed by atoms with van der Waals surface area (Å²) in [6, 6.07) is 0.210. The largest absolute Gasteiger partial charge is 0.352 e. The molecule has 1 atom stereocenters. The highest BCUT2D eigenvalue weighted by molar-refractivity contribution is 5.82. The molecule has 5 heteroatoms. The Labute approximate surface area is 115 Å². The third-order valence-electron chi connectivity index (χ3n) is 4.16. The third kappa shape index (κ3) is 4.20. The molecule has 2 fully saturated rings. The molecule has 0 aromatic heterocycles.